The average molecular weight is 304 g/mol. The molecule has 20 heavy (non-hydrogen) atoms. The summed E-state index contributed by atoms with van der Waals surface area (Å²) in [4.78, 5) is -0.600. The lowest BCUT2D eigenvalue weighted by molar-refractivity contribution is 0.339. The smallest absolute Gasteiger partial charge is 0.246 e. The third-order valence-electron chi connectivity index (χ3n) is 3.61. The minimum Gasteiger partial charge on any atom is -0.317 e. The van der Waals surface area contributed by atoms with Crippen LogP contribution in [-0.2, 0) is 10.0 Å². The summed E-state index contributed by atoms with van der Waals surface area (Å²) in [5, 5.41) is 3.19. The molecule has 0 aromatic heterocycles. The second-order valence-corrected chi connectivity index (χ2v) is 6.90. The summed E-state index contributed by atoms with van der Waals surface area (Å²) in [5.41, 5.74) is 0. The summed E-state index contributed by atoms with van der Waals surface area (Å²) in [5.74, 6) is -1.69. The first kappa shape index (κ1) is 15.3. The third kappa shape index (κ3) is 3.16. The molecule has 1 aromatic rings. The van der Waals surface area contributed by atoms with Crippen LogP contribution in [0.2, 0.25) is 0 Å². The van der Waals surface area contributed by atoms with E-state index in [4.69, 9.17) is 0 Å². The molecule has 1 heterocycles. The summed E-state index contributed by atoms with van der Waals surface area (Å²) >= 11 is 0. The lowest BCUT2D eigenvalue weighted by Gasteiger charge is -2.26. The van der Waals surface area contributed by atoms with Gasteiger partial charge in [0.15, 0.2) is 0 Å². The van der Waals surface area contributed by atoms with E-state index in [0.717, 1.165) is 42.0 Å². The number of hydrogen-bond donors (Lipinski definition) is 1. The largest absolute Gasteiger partial charge is 0.317 e. The number of sulfonamides is 1. The van der Waals surface area contributed by atoms with Gasteiger partial charge in [0, 0.05) is 13.1 Å². The minimum atomic E-state index is -4.02. The number of nitrogens with zero attached hydrogens (tertiary/aromatic N) is 1. The van der Waals surface area contributed by atoms with E-state index in [0.29, 0.717) is 12.8 Å². The quantitative estimate of drug-likeness (QED) is 0.925. The van der Waals surface area contributed by atoms with Crippen molar-refractivity contribution in [2.75, 3.05) is 20.1 Å². The Hall–Kier alpha value is -1.05. The summed E-state index contributed by atoms with van der Waals surface area (Å²) in [7, 11) is -2.59. The highest BCUT2D eigenvalue weighted by Crippen LogP contribution is 2.24. The summed E-state index contributed by atoms with van der Waals surface area (Å²) in [6.45, 7) is 1.56. The number of halogens is 2. The molecule has 0 bridgehead atoms. The predicted octanol–water partition coefficient (Wildman–Crippen LogP) is 1.73. The summed E-state index contributed by atoms with van der Waals surface area (Å²) in [6.07, 6.45) is 2.22. The Kier molecular flexibility index (Phi) is 4.72. The molecular weight excluding hydrogens is 286 g/mol. The summed E-state index contributed by atoms with van der Waals surface area (Å²) in [6, 6.07) is 2.28. The minimum absolute atomic E-state index is 0.197. The molecule has 7 heteroatoms. The molecule has 112 valence electrons. The molecule has 1 aromatic carbocycles. The first-order valence-corrected chi connectivity index (χ1v) is 8.01. The molecule has 1 atom stereocenters. The van der Waals surface area contributed by atoms with Crippen molar-refractivity contribution in [2.24, 2.45) is 0 Å². The second kappa shape index (κ2) is 6.15. The van der Waals surface area contributed by atoms with Crippen LogP contribution < -0.4 is 5.32 Å². The van der Waals surface area contributed by atoms with Gasteiger partial charge in [0.05, 0.1) is 0 Å². The highest BCUT2D eigenvalue weighted by molar-refractivity contribution is 7.89. The molecule has 2 rings (SSSR count). The van der Waals surface area contributed by atoms with Crippen molar-refractivity contribution in [3.05, 3.63) is 29.8 Å². The van der Waals surface area contributed by atoms with Crippen molar-refractivity contribution in [1.82, 2.24) is 9.62 Å². The van der Waals surface area contributed by atoms with Crippen LogP contribution >= 0.6 is 0 Å². The highest BCUT2D eigenvalue weighted by Gasteiger charge is 2.30. The number of hydrogen-bond acceptors (Lipinski definition) is 3. The van der Waals surface area contributed by atoms with E-state index in [1.165, 1.54) is 7.05 Å². The zero-order chi connectivity index (χ0) is 14.8. The fourth-order valence-electron chi connectivity index (χ4n) is 2.39. The van der Waals surface area contributed by atoms with Gasteiger partial charge in [-0.3, -0.25) is 0 Å². The first-order chi connectivity index (χ1) is 9.43. The maximum Gasteiger partial charge on any atom is 0.246 e. The molecule has 1 unspecified atom stereocenters. The SMILES string of the molecule is CN(C1CCCNCC1)S(=O)(=O)c1cc(F)ccc1F. The molecule has 1 aliphatic heterocycles. The average Bonchev–Trinajstić information content (AvgIpc) is 2.69. The van der Waals surface area contributed by atoms with Crippen LogP contribution in [0.3, 0.4) is 0 Å². The van der Waals surface area contributed by atoms with Gasteiger partial charge in [-0.25, -0.2) is 17.2 Å². The maximum absolute atomic E-state index is 13.7. The maximum atomic E-state index is 13.7. The molecule has 1 fully saturated rings. The standard InChI is InChI=1S/C13H18F2N2O2S/c1-17(11-3-2-7-16-8-6-11)20(18,19)13-9-10(14)4-5-12(13)15/h4-5,9,11,16H,2-3,6-8H2,1H3. The molecule has 4 nitrogen and oxygen atoms in total. The predicted molar refractivity (Wildman–Crippen MR) is 71.8 cm³/mol. The number of nitrogens with one attached hydrogen (secondary N) is 1. The van der Waals surface area contributed by atoms with Crippen LogP contribution in [0.4, 0.5) is 8.78 Å². The van der Waals surface area contributed by atoms with Gasteiger partial charge in [-0.15, -0.1) is 0 Å². The second-order valence-electron chi connectivity index (χ2n) is 4.93. The Balaban J connectivity index is 2.31. The topological polar surface area (TPSA) is 49.4 Å². The fourth-order valence-corrected chi connectivity index (χ4v) is 3.88. The van der Waals surface area contributed by atoms with Crippen LogP contribution in [0.1, 0.15) is 19.3 Å². The number of rotatable bonds is 3. The van der Waals surface area contributed by atoms with Gasteiger partial charge < -0.3 is 5.32 Å². The van der Waals surface area contributed by atoms with Crippen LogP contribution in [-0.4, -0.2) is 38.9 Å². The van der Waals surface area contributed by atoms with Gasteiger partial charge in [0.1, 0.15) is 16.5 Å². The van der Waals surface area contributed by atoms with Crippen LogP contribution in [0, 0.1) is 11.6 Å². The van der Waals surface area contributed by atoms with Gasteiger partial charge >= 0.3 is 0 Å². The van der Waals surface area contributed by atoms with Gasteiger partial charge in [-0.05, 0) is 50.6 Å². The molecule has 0 saturated carbocycles. The van der Waals surface area contributed by atoms with Crippen molar-refractivity contribution in [3.63, 3.8) is 0 Å². The van der Waals surface area contributed by atoms with E-state index < -0.39 is 26.6 Å². The van der Waals surface area contributed by atoms with Crippen molar-refractivity contribution >= 4 is 10.0 Å². The van der Waals surface area contributed by atoms with Gasteiger partial charge in [-0.1, -0.05) is 0 Å². The van der Waals surface area contributed by atoms with Gasteiger partial charge in [-0.2, -0.15) is 4.31 Å². The van der Waals surface area contributed by atoms with E-state index in [1.807, 2.05) is 0 Å². The number of benzene rings is 1. The van der Waals surface area contributed by atoms with E-state index in [1.54, 1.807) is 0 Å². The van der Waals surface area contributed by atoms with Gasteiger partial charge in [0.2, 0.25) is 10.0 Å². The Labute approximate surface area is 117 Å². The van der Waals surface area contributed by atoms with E-state index in [9.17, 15) is 17.2 Å². The highest BCUT2D eigenvalue weighted by atomic mass is 32.2. The van der Waals surface area contributed by atoms with E-state index in [2.05, 4.69) is 5.32 Å². The Morgan fingerprint density at radius 3 is 2.75 bits per heavy atom. The molecule has 1 saturated heterocycles. The molecule has 0 amide bonds. The zero-order valence-electron chi connectivity index (χ0n) is 11.3. The normalized spacial score (nSPS) is 20.9. The molecule has 0 spiro atoms. The summed E-state index contributed by atoms with van der Waals surface area (Å²) < 4.78 is 52.9. The Morgan fingerprint density at radius 1 is 1.25 bits per heavy atom. The third-order valence-corrected chi connectivity index (χ3v) is 5.53. The first-order valence-electron chi connectivity index (χ1n) is 6.57. The Bertz CT molecular complexity index is 570. The molecule has 0 aliphatic carbocycles. The van der Waals surface area contributed by atoms with Crippen LogP contribution in [0.15, 0.2) is 23.1 Å². The van der Waals surface area contributed by atoms with Crippen LogP contribution in [0.25, 0.3) is 0 Å². The van der Waals surface area contributed by atoms with Crippen molar-refractivity contribution < 1.29 is 17.2 Å². The van der Waals surface area contributed by atoms with Crippen molar-refractivity contribution in [1.29, 1.82) is 0 Å². The molecule has 0 radical (unpaired) electrons. The molecule has 1 N–H and O–H groups in total. The lowest BCUT2D eigenvalue weighted by atomic mass is 10.1. The molecule has 1 aliphatic rings. The van der Waals surface area contributed by atoms with Crippen molar-refractivity contribution in [3.8, 4) is 0 Å². The van der Waals surface area contributed by atoms with Crippen molar-refractivity contribution in [2.45, 2.75) is 30.2 Å². The van der Waals surface area contributed by atoms with Crippen LogP contribution in [0.5, 0.6) is 0 Å². The van der Waals surface area contributed by atoms with E-state index >= 15 is 0 Å². The lowest BCUT2D eigenvalue weighted by Crippen LogP contribution is -2.38. The zero-order valence-corrected chi connectivity index (χ0v) is 12.1. The Morgan fingerprint density at radius 2 is 2.00 bits per heavy atom. The van der Waals surface area contributed by atoms with Gasteiger partial charge in [0.25, 0.3) is 0 Å². The monoisotopic (exact) mass is 304 g/mol. The van der Waals surface area contributed by atoms with E-state index in [-0.39, 0.29) is 6.04 Å². The molecular formula is C13H18F2N2O2S. The fraction of sp³-hybridized carbons (Fsp3) is 0.538.